The predicted molar refractivity (Wildman–Crippen MR) is 151 cm³/mol. The van der Waals surface area contributed by atoms with Gasteiger partial charge in [-0.05, 0) is 43.0 Å². The molecule has 0 aliphatic carbocycles. The summed E-state index contributed by atoms with van der Waals surface area (Å²) >= 11 is 1.46. The van der Waals surface area contributed by atoms with E-state index < -0.39 is 0 Å². The van der Waals surface area contributed by atoms with Crippen LogP contribution in [-0.4, -0.2) is 61.9 Å². The second-order valence-electron chi connectivity index (χ2n) is 9.51. The van der Waals surface area contributed by atoms with Crippen LogP contribution in [0.25, 0.3) is 6.08 Å². The van der Waals surface area contributed by atoms with E-state index in [1.807, 2.05) is 53.9 Å². The number of ether oxygens (including phenoxy) is 1. The van der Waals surface area contributed by atoms with E-state index in [1.165, 1.54) is 11.3 Å². The van der Waals surface area contributed by atoms with Gasteiger partial charge in [0.15, 0.2) is 5.76 Å². The molecular formula is C28H31N7O3S. The van der Waals surface area contributed by atoms with Crippen molar-refractivity contribution in [2.75, 3.05) is 45.3 Å². The molecule has 0 spiro atoms. The van der Waals surface area contributed by atoms with Crippen molar-refractivity contribution in [2.24, 2.45) is 10.3 Å². The maximum Gasteiger partial charge on any atom is 0.304 e. The summed E-state index contributed by atoms with van der Waals surface area (Å²) in [4.78, 5) is 31.2. The van der Waals surface area contributed by atoms with Gasteiger partial charge in [0.25, 0.3) is 5.91 Å². The lowest BCUT2D eigenvalue weighted by molar-refractivity contribution is -0.121. The number of fused-ring (bicyclic) bond motifs is 1. The van der Waals surface area contributed by atoms with Crippen LogP contribution in [0.4, 0.5) is 11.4 Å². The van der Waals surface area contributed by atoms with Crippen LogP contribution in [-0.2, 0) is 22.7 Å². The van der Waals surface area contributed by atoms with Crippen molar-refractivity contribution in [2.45, 2.75) is 13.2 Å². The van der Waals surface area contributed by atoms with E-state index in [9.17, 15) is 9.59 Å². The summed E-state index contributed by atoms with van der Waals surface area (Å²) in [6.07, 6.45) is 1.65. The molecule has 1 aromatic heterocycles. The van der Waals surface area contributed by atoms with Crippen LogP contribution in [0.3, 0.4) is 0 Å². The molecule has 0 unspecified atom stereocenters. The molecule has 202 valence electrons. The Morgan fingerprint density at radius 3 is 2.64 bits per heavy atom. The van der Waals surface area contributed by atoms with Gasteiger partial charge in [-0.3, -0.25) is 24.9 Å². The highest BCUT2D eigenvalue weighted by atomic mass is 32.1. The molecule has 2 aliphatic rings. The van der Waals surface area contributed by atoms with Gasteiger partial charge >= 0.3 is 5.91 Å². The molecular weight excluding hydrogens is 514 g/mol. The molecule has 5 rings (SSSR count). The van der Waals surface area contributed by atoms with Gasteiger partial charge in [0, 0.05) is 56.3 Å². The summed E-state index contributed by atoms with van der Waals surface area (Å²) in [5.41, 5.74) is 9.10. The topological polar surface area (TPSA) is 102 Å². The van der Waals surface area contributed by atoms with Crippen molar-refractivity contribution in [1.82, 2.24) is 20.7 Å². The molecule has 39 heavy (non-hydrogen) atoms. The average Bonchev–Trinajstić information content (AvgIpc) is 3.37. The Balaban J connectivity index is 1.20. The Morgan fingerprint density at radius 2 is 1.85 bits per heavy atom. The monoisotopic (exact) mass is 545 g/mol. The molecule has 0 atom stereocenters. The van der Waals surface area contributed by atoms with Gasteiger partial charge < -0.3 is 9.64 Å². The SMILES string of the molecule is CN1CCN(Cc2cccc(C(=O)NN=Nc3csc4c3C=C(C(=O)NN(C)c3ccccc3)OC4)c2)CC1. The number of amides is 2. The highest BCUT2D eigenvalue weighted by Crippen LogP contribution is 2.36. The zero-order valence-electron chi connectivity index (χ0n) is 22.0. The third kappa shape index (κ3) is 6.69. The third-order valence-electron chi connectivity index (χ3n) is 6.66. The van der Waals surface area contributed by atoms with Crippen LogP contribution in [0.1, 0.15) is 26.4 Å². The van der Waals surface area contributed by atoms with Gasteiger partial charge in [0.05, 0.1) is 10.6 Å². The number of carbonyl (C=O) groups is 2. The van der Waals surface area contributed by atoms with E-state index in [2.05, 4.69) is 38.0 Å². The Hall–Kier alpha value is -4.06. The minimum Gasteiger partial charge on any atom is -0.482 e. The first-order chi connectivity index (χ1) is 19.0. The molecule has 3 heterocycles. The first-order valence-corrected chi connectivity index (χ1v) is 13.6. The highest BCUT2D eigenvalue weighted by Gasteiger charge is 2.22. The summed E-state index contributed by atoms with van der Waals surface area (Å²) in [5, 5.41) is 11.6. The maximum atomic E-state index is 12.8. The van der Waals surface area contributed by atoms with Crippen LogP contribution < -0.4 is 15.9 Å². The second-order valence-corrected chi connectivity index (χ2v) is 10.5. The lowest BCUT2D eigenvalue weighted by Gasteiger charge is -2.32. The number of hydrogen-bond donors (Lipinski definition) is 2. The Morgan fingerprint density at radius 1 is 1.05 bits per heavy atom. The summed E-state index contributed by atoms with van der Waals surface area (Å²) in [5.74, 6) is -0.516. The first-order valence-electron chi connectivity index (χ1n) is 12.7. The summed E-state index contributed by atoms with van der Waals surface area (Å²) < 4.78 is 5.67. The number of hydrogen-bond acceptors (Lipinski definition) is 9. The number of nitrogens with zero attached hydrogens (tertiary/aromatic N) is 5. The Kier molecular flexibility index (Phi) is 8.30. The average molecular weight is 546 g/mol. The number of thiophene rings is 1. The summed E-state index contributed by atoms with van der Waals surface area (Å²) in [7, 11) is 3.89. The van der Waals surface area contributed by atoms with Gasteiger partial charge in [-0.2, -0.15) is 0 Å². The first kappa shape index (κ1) is 26.5. The quantitative estimate of drug-likeness (QED) is 0.328. The highest BCUT2D eigenvalue weighted by molar-refractivity contribution is 7.10. The van der Waals surface area contributed by atoms with Crippen molar-refractivity contribution in [3.05, 3.63) is 87.3 Å². The van der Waals surface area contributed by atoms with Crippen LogP contribution in [0.2, 0.25) is 0 Å². The fourth-order valence-electron chi connectivity index (χ4n) is 4.38. The predicted octanol–water partition coefficient (Wildman–Crippen LogP) is 3.96. The summed E-state index contributed by atoms with van der Waals surface area (Å²) in [6.45, 7) is 5.19. The van der Waals surface area contributed by atoms with Crippen molar-refractivity contribution in [1.29, 1.82) is 0 Å². The molecule has 1 fully saturated rings. The molecule has 10 nitrogen and oxygen atoms in total. The maximum absolute atomic E-state index is 12.8. The van der Waals surface area contributed by atoms with Crippen LogP contribution in [0.5, 0.6) is 0 Å². The number of anilines is 1. The normalized spacial score (nSPS) is 15.8. The lowest BCUT2D eigenvalue weighted by atomic mass is 10.1. The number of piperazine rings is 1. The van der Waals surface area contributed by atoms with Crippen LogP contribution >= 0.6 is 11.3 Å². The smallest absolute Gasteiger partial charge is 0.304 e. The van der Waals surface area contributed by atoms with Crippen molar-refractivity contribution < 1.29 is 14.3 Å². The Bertz CT molecular complexity index is 1380. The fourth-order valence-corrected chi connectivity index (χ4v) is 5.22. The fraction of sp³-hybridized carbons (Fsp3) is 0.286. The molecule has 0 saturated carbocycles. The molecule has 11 heteroatoms. The number of hydrazine groups is 1. The second kappa shape index (κ2) is 12.2. The van der Waals surface area contributed by atoms with E-state index in [1.54, 1.807) is 24.2 Å². The molecule has 2 aromatic carbocycles. The minimum absolute atomic E-state index is 0.182. The van der Waals surface area contributed by atoms with E-state index in [-0.39, 0.29) is 24.2 Å². The number of rotatable bonds is 8. The zero-order valence-corrected chi connectivity index (χ0v) is 22.8. The molecule has 1 saturated heterocycles. The number of carbonyl (C=O) groups excluding carboxylic acids is 2. The van der Waals surface area contributed by atoms with Gasteiger partial charge in [0.2, 0.25) is 0 Å². The Labute approximate surface area is 231 Å². The molecule has 2 amide bonds. The molecule has 3 aromatic rings. The molecule has 0 radical (unpaired) electrons. The van der Waals surface area contributed by atoms with E-state index in [4.69, 9.17) is 4.74 Å². The van der Waals surface area contributed by atoms with E-state index in [0.717, 1.165) is 54.4 Å². The standard InChI is InChI=1S/C28H31N7O3S/c1-33-11-13-35(14-12-33)17-20-7-6-8-21(15-20)27(36)30-32-29-24-19-39-26-18-38-25(16-23(24)26)28(37)31-34(2)22-9-4-3-5-10-22/h3-10,15-16,19H,11-14,17-18H2,1-2H3,(H,31,37)(H,29,30,36). The van der Waals surface area contributed by atoms with Gasteiger partial charge in [-0.25, -0.2) is 5.43 Å². The van der Waals surface area contributed by atoms with Crippen molar-refractivity contribution >= 4 is 40.6 Å². The van der Waals surface area contributed by atoms with E-state index >= 15 is 0 Å². The largest absolute Gasteiger partial charge is 0.482 e. The zero-order chi connectivity index (χ0) is 27.2. The van der Waals surface area contributed by atoms with Gasteiger partial charge in [0.1, 0.15) is 12.3 Å². The number of benzene rings is 2. The van der Waals surface area contributed by atoms with Crippen LogP contribution in [0, 0.1) is 0 Å². The molecule has 0 bridgehead atoms. The lowest BCUT2D eigenvalue weighted by Crippen LogP contribution is -2.43. The van der Waals surface area contributed by atoms with Gasteiger partial charge in [-0.15, -0.1) is 16.5 Å². The van der Waals surface area contributed by atoms with Crippen molar-refractivity contribution in [3.63, 3.8) is 0 Å². The third-order valence-corrected chi connectivity index (χ3v) is 7.62. The molecule has 2 N–H and O–H groups in total. The summed E-state index contributed by atoms with van der Waals surface area (Å²) in [6, 6.07) is 17.1. The molecule has 2 aliphatic heterocycles. The van der Waals surface area contributed by atoms with Crippen molar-refractivity contribution in [3.8, 4) is 0 Å². The minimum atomic E-state index is -0.370. The number of para-hydroxylation sites is 1. The van der Waals surface area contributed by atoms with E-state index in [0.29, 0.717) is 11.3 Å². The van der Waals surface area contributed by atoms with Gasteiger partial charge in [-0.1, -0.05) is 35.6 Å². The number of likely N-dealkylation sites (N-methyl/N-ethyl adjacent to an activating group) is 1. The van der Waals surface area contributed by atoms with Crippen LogP contribution in [0.15, 0.2) is 76.1 Å². The number of nitrogens with one attached hydrogen (secondary N) is 2.